The minimum absolute atomic E-state index is 0.0439. The fourth-order valence-electron chi connectivity index (χ4n) is 4.34. The highest BCUT2D eigenvalue weighted by Crippen LogP contribution is 2.22. The van der Waals surface area contributed by atoms with Crippen molar-refractivity contribution >= 4 is 17.8 Å². The number of amides is 2. The molecule has 0 bridgehead atoms. The van der Waals surface area contributed by atoms with Gasteiger partial charge in [0.1, 0.15) is 17.6 Å². The van der Waals surface area contributed by atoms with Crippen LogP contribution in [0, 0.1) is 11.7 Å². The minimum atomic E-state index is -0.773. The number of nitrogens with zero attached hydrogens (tertiary/aromatic N) is 1. The molecule has 0 spiro atoms. The normalized spacial score (nSPS) is 14.8. The van der Waals surface area contributed by atoms with Gasteiger partial charge in [0.05, 0.1) is 14.2 Å². The zero-order valence-electron chi connectivity index (χ0n) is 20.3. The van der Waals surface area contributed by atoms with Crippen molar-refractivity contribution in [3.63, 3.8) is 0 Å². The van der Waals surface area contributed by atoms with Gasteiger partial charge >= 0.3 is 5.97 Å². The number of piperidine rings is 1. The summed E-state index contributed by atoms with van der Waals surface area (Å²) < 4.78 is 23.3. The number of rotatable bonds is 10. The van der Waals surface area contributed by atoms with E-state index in [-0.39, 0.29) is 23.5 Å². The molecule has 7 nitrogen and oxygen atoms in total. The highest BCUT2D eigenvalue weighted by atomic mass is 19.1. The first-order valence-corrected chi connectivity index (χ1v) is 11.9. The molecule has 0 aliphatic carbocycles. The number of benzene rings is 2. The number of likely N-dealkylation sites (tertiary alicyclic amines) is 1. The molecule has 1 aliphatic rings. The summed E-state index contributed by atoms with van der Waals surface area (Å²) in [7, 11) is 2.89. The molecule has 0 saturated carbocycles. The maximum Gasteiger partial charge on any atom is 0.328 e. The second-order valence-electron chi connectivity index (χ2n) is 8.85. The van der Waals surface area contributed by atoms with E-state index in [0.717, 1.165) is 24.0 Å². The van der Waals surface area contributed by atoms with Crippen molar-refractivity contribution in [2.24, 2.45) is 5.92 Å². The summed E-state index contributed by atoms with van der Waals surface area (Å²) in [6.07, 6.45) is 2.89. The molecule has 2 aromatic rings. The van der Waals surface area contributed by atoms with Crippen LogP contribution in [-0.4, -0.2) is 56.0 Å². The summed E-state index contributed by atoms with van der Waals surface area (Å²) in [5.74, 6) is -0.0969. The molecule has 0 unspecified atom stereocenters. The number of carbonyl (C=O) groups excluding carboxylic acids is 3. The topological polar surface area (TPSA) is 84.9 Å². The van der Waals surface area contributed by atoms with E-state index in [9.17, 15) is 18.8 Å². The van der Waals surface area contributed by atoms with Crippen molar-refractivity contribution in [3.8, 4) is 5.75 Å². The third kappa shape index (κ3) is 8.09. The Kier molecular flexibility index (Phi) is 9.64. The molecule has 1 heterocycles. The number of esters is 1. The highest BCUT2D eigenvalue weighted by molar-refractivity contribution is 5.84. The average molecular weight is 485 g/mol. The first kappa shape index (κ1) is 26.2. The van der Waals surface area contributed by atoms with Gasteiger partial charge in [-0.15, -0.1) is 0 Å². The van der Waals surface area contributed by atoms with Crippen LogP contribution in [0.3, 0.4) is 0 Å². The van der Waals surface area contributed by atoms with E-state index in [1.165, 1.54) is 19.2 Å². The molecule has 188 valence electrons. The third-order valence-electron chi connectivity index (χ3n) is 6.38. The third-order valence-corrected chi connectivity index (χ3v) is 6.38. The lowest BCUT2D eigenvalue weighted by molar-refractivity contribution is -0.145. The Balaban J connectivity index is 1.44. The van der Waals surface area contributed by atoms with Gasteiger partial charge in [-0.2, -0.15) is 0 Å². The first-order chi connectivity index (χ1) is 16.9. The zero-order valence-corrected chi connectivity index (χ0v) is 20.3. The van der Waals surface area contributed by atoms with Crippen molar-refractivity contribution in [3.05, 3.63) is 65.5 Å². The van der Waals surface area contributed by atoms with E-state index in [2.05, 4.69) is 5.32 Å². The molecule has 1 fully saturated rings. The second kappa shape index (κ2) is 12.9. The minimum Gasteiger partial charge on any atom is -0.497 e. The molecule has 2 aromatic carbocycles. The molecule has 8 heteroatoms. The van der Waals surface area contributed by atoms with Gasteiger partial charge in [0.25, 0.3) is 0 Å². The summed E-state index contributed by atoms with van der Waals surface area (Å²) in [6, 6.07) is 12.8. The van der Waals surface area contributed by atoms with Crippen LogP contribution in [-0.2, 0) is 32.0 Å². The SMILES string of the molecule is COC(=O)[C@H](Cc1ccc(OC)cc1)NC(=O)CC1CCN(C(=O)CCc2cccc(F)c2)CC1. The van der Waals surface area contributed by atoms with Crippen molar-refractivity contribution < 1.29 is 28.2 Å². The molecule has 1 N–H and O–H groups in total. The maximum absolute atomic E-state index is 13.3. The molecular weight excluding hydrogens is 451 g/mol. The Morgan fingerprint density at radius 2 is 1.77 bits per heavy atom. The zero-order chi connectivity index (χ0) is 25.2. The van der Waals surface area contributed by atoms with E-state index in [1.54, 1.807) is 25.3 Å². The summed E-state index contributed by atoms with van der Waals surface area (Å²) in [6.45, 7) is 1.18. The monoisotopic (exact) mass is 484 g/mol. The van der Waals surface area contributed by atoms with E-state index in [4.69, 9.17) is 9.47 Å². The van der Waals surface area contributed by atoms with E-state index < -0.39 is 12.0 Å². The van der Waals surface area contributed by atoms with Crippen molar-refractivity contribution in [2.75, 3.05) is 27.3 Å². The summed E-state index contributed by atoms with van der Waals surface area (Å²) >= 11 is 0. The summed E-state index contributed by atoms with van der Waals surface area (Å²) in [5.41, 5.74) is 1.69. The van der Waals surface area contributed by atoms with Gasteiger partial charge in [-0.25, -0.2) is 9.18 Å². The molecule has 1 aliphatic heterocycles. The van der Waals surface area contributed by atoms with Crippen LogP contribution < -0.4 is 10.1 Å². The van der Waals surface area contributed by atoms with Crippen LogP contribution in [0.15, 0.2) is 48.5 Å². The first-order valence-electron chi connectivity index (χ1n) is 11.9. The Labute approximate surface area is 205 Å². The van der Waals surface area contributed by atoms with Crippen LogP contribution in [0.1, 0.15) is 36.8 Å². The lowest BCUT2D eigenvalue weighted by Crippen LogP contribution is -2.44. The second-order valence-corrected chi connectivity index (χ2v) is 8.85. The lowest BCUT2D eigenvalue weighted by Gasteiger charge is -2.32. The predicted molar refractivity (Wildman–Crippen MR) is 129 cm³/mol. The average Bonchev–Trinajstić information content (AvgIpc) is 2.87. The van der Waals surface area contributed by atoms with Crippen molar-refractivity contribution in [1.29, 1.82) is 0 Å². The van der Waals surface area contributed by atoms with Gasteiger partial charge in [-0.05, 0) is 60.6 Å². The summed E-state index contributed by atoms with van der Waals surface area (Å²) in [4.78, 5) is 39.3. The fourth-order valence-corrected chi connectivity index (χ4v) is 4.34. The summed E-state index contributed by atoms with van der Waals surface area (Å²) in [5, 5.41) is 2.81. The van der Waals surface area contributed by atoms with Gasteiger partial charge in [0.15, 0.2) is 0 Å². The maximum atomic E-state index is 13.3. The van der Waals surface area contributed by atoms with E-state index in [0.29, 0.717) is 44.5 Å². The van der Waals surface area contributed by atoms with Gasteiger partial charge in [-0.3, -0.25) is 9.59 Å². The fraction of sp³-hybridized carbons (Fsp3) is 0.444. The molecule has 0 aromatic heterocycles. The quantitative estimate of drug-likeness (QED) is 0.523. The number of nitrogens with one attached hydrogen (secondary N) is 1. The van der Waals surface area contributed by atoms with Crippen LogP contribution in [0.5, 0.6) is 5.75 Å². The molecule has 2 amide bonds. The predicted octanol–water partition coefficient (Wildman–Crippen LogP) is 3.30. The molecule has 1 saturated heterocycles. The van der Waals surface area contributed by atoms with Gasteiger partial charge < -0.3 is 19.7 Å². The number of methoxy groups -OCH3 is 2. The largest absolute Gasteiger partial charge is 0.497 e. The Hall–Kier alpha value is -3.42. The van der Waals surface area contributed by atoms with Crippen LogP contribution in [0.2, 0.25) is 0 Å². The Morgan fingerprint density at radius 3 is 2.40 bits per heavy atom. The van der Waals surface area contributed by atoms with Gasteiger partial charge in [0, 0.05) is 32.4 Å². The standard InChI is InChI=1S/C27H33FN2O5/c1-34-23-9-6-20(7-10-23)17-24(27(33)35-2)29-25(31)18-21-12-14-30(15-13-21)26(32)11-8-19-4-3-5-22(28)16-19/h3-7,9-10,16,21,24H,8,11-15,17-18H2,1-2H3,(H,29,31)/t24-/m0/s1. The number of aryl methyl sites for hydroxylation is 1. The molecular formula is C27H33FN2O5. The van der Waals surface area contributed by atoms with Crippen LogP contribution >= 0.6 is 0 Å². The number of hydrogen-bond acceptors (Lipinski definition) is 5. The van der Waals surface area contributed by atoms with Crippen molar-refractivity contribution in [2.45, 2.75) is 44.6 Å². The highest BCUT2D eigenvalue weighted by Gasteiger charge is 2.27. The number of ether oxygens (including phenoxy) is 2. The van der Waals surface area contributed by atoms with Gasteiger partial charge in [-0.1, -0.05) is 24.3 Å². The lowest BCUT2D eigenvalue weighted by atomic mass is 9.92. The molecule has 35 heavy (non-hydrogen) atoms. The van der Waals surface area contributed by atoms with E-state index >= 15 is 0 Å². The van der Waals surface area contributed by atoms with Crippen molar-refractivity contribution in [1.82, 2.24) is 10.2 Å². The molecule has 1 atom stereocenters. The van der Waals surface area contributed by atoms with Crippen LogP contribution in [0.4, 0.5) is 4.39 Å². The number of halogens is 1. The van der Waals surface area contributed by atoms with Crippen LogP contribution in [0.25, 0.3) is 0 Å². The number of carbonyl (C=O) groups is 3. The Morgan fingerprint density at radius 1 is 1.06 bits per heavy atom. The smallest absolute Gasteiger partial charge is 0.328 e. The van der Waals surface area contributed by atoms with E-state index in [1.807, 2.05) is 23.1 Å². The Bertz CT molecular complexity index is 1000. The van der Waals surface area contributed by atoms with Gasteiger partial charge in [0.2, 0.25) is 11.8 Å². The number of hydrogen-bond donors (Lipinski definition) is 1. The molecule has 3 rings (SSSR count). The molecule has 0 radical (unpaired) electrons.